The third kappa shape index (κ3) is 7.89. The average Bonchev–Trinajstić information content (AvgIpc) is 2.88. The van der Waals surface area contributed by atoms with Gasteiger partial charge in [0.1, 0.15) is 5.78 Å². The number of carbonyl (C=O) groups is 1. The highest BCUT2D eigenvalue weighted by Gasteiger charge is 2.15. The van der Waals surface area contributed by atoms with E-state index >= 15 is 0 Å². The van der Waals surface area contributed by atoms with Gasteiger partial charge in [-0.3, -0.25) is 4.79 Å². The Morgan fingerprint density at radius 1 is 0.889 bits per heavy atom. The molecule has 0 spiro atoms. The number of Topliss-reactive ketones (excluding diaryl/α,β-unsaturated/α-hetero) is 1. The second-order valence-electron chi connectivity index (χ2n) is 6.10. The van der Waals surface area contributed by atoms with E-state index in [0.717, 1.165) is 25.2 Å². The van der Waals surface area contributed by atoms with Crippen molar-refractivity contribution in [3.8, 4) is 0 Å². The normalized spacial score (nSPS) is 16.3. The van der Waals surface area contributed by atoms with Crippen LogP contribution in [0.1, 0.15) is 96.8 Å². The highest BCUT2D eigenvalue weighted by atomic mass is 16.1. The molecule has 0 aromatic carbocycles. The molecule has 0 unspecified atom stereocenters. The summed E-state index contributed by atoms with van der Waals surface area (Å²) in [4.78, 5) is 11.7. The summed E-state index contributed by atoms with van der Waals surface area (Å²) in [5.41, 5.74) is 0. The molecule has 0 aliphatic heterocycles. The van der Waals surface area contributed by atoms with Crippen LogP contribution in [-0.2, 0) is 4.79 Å². The largest absolute Gasteiger partial charge is 0.300 e. The smallest absolute Gasteiger partial charge is 0.132 e. The first kappa shape index (κ1) is 15.7. The number of unbranched alkanes of at least 4 members (excludes halogenated alkanes) is 6. The van der Waals surface area contributed by atoms with E-state index in [4.69, 9.17) is 0 Å². The molecule has 1 aliphatic rings. The van der Waals surface area contributed by atoms with Crippen LogP contribution in [0.4, 0.5) is 0 Å². The molecule has 0 bridgehead atoms. The van der Waals surface area contributed by atoms with Gasteiger partial charge in [0.05, 0.1) is 0 Å². The fourth-order valence-corrected chi connectivity index (χ4v) is 3.07. The zero-order chi connectivity index (χ0) is 13.1. The Labute approximate surface area is 114 Å². The summed E-state index contributed by atoms with van der Waals surface area (Å²) < 4.78 is 0. The Kier molecular flexibility index (Phi) is 9.24. The highest BCUT2D eigenvalue weighted by Crippen LogP contribution is 2.28. The molecule has 1 heteroatoms. The monoisotopic (exact) mass is 252 g/mol. The first-order valence-corrected chi connectivity index (χ1v) is 8.34. The van der Waals surface area contributed by atoms with Crippen LogP contribution in [0.25, 0.3) is 0 Å². The predicted molar refractivity (Wildman–Crippen MR) is 78.8 cm³/mol. The standard InChI is InChI=1S/C17H32O/c1-2-3-4-5-6-7-8-13-17(18)15-14-16-11-9-10-12-16/h16H,2-15H2,1H3. The van der Waals surface area contributed by atoms with E-state index in [2.05, 4.69) is 6.92 Å². The van der Waals surface area contributed by atoms with E-state index < -0.39 is 0 Å². The molecule has 1 fully saturated rings. The van der Waals surface area contributed by atoms with Crippen molar-refractivity contribution in [3.05, 3.63) is 0 Å². The molecule has 1 aliphatic carbocycles. The number of carbonyl (C=O) groups excluding carboxylic acids is 1. The molecule has 0 aromatic rings. The van der Waals surface area contributed by atoms with Crippen LogP contribution < -0.4 is 0 Å². The van der Waals surface area contributed by atoms with Gasteiger partial charge in [0.25, 0.3) is 0 Å². The molecule has 18 heavy (non-hydrogen) atoms. The van der Waals surface area contributed by atoms with Crippen molar-refractivity contribution in [2.45, 2.75) is 96.8 Å². The lowest BCUT2D eigenvalue weighted by molar-refractivity contribution is -0.119. The topological polar surface area (TPSA) is 17.1 Å². The van der Waals surface area contributed by atoms with E-state index in [-0.39, 0.29) is 0 Å². The van der Waals surface area contributed by atoms with Crippen molar-refractivity contribution in [2.24, 2.45) is 5.92 Å². The molecule has 1 rings (SSSR count). The molecule has 0 aromatic heterocycles. The first-order chi connectivity index (χ1) is 8.83. The number of hydrogen-bond donors (Lipinski definition) is 0. The van der Waals surface area contributed by atoms with Crippen molar-refractivity contribution in [2.75, 3.05) is 0 Å². The molecule has 1 nitrogen and oxygen atoms in total. The lowest BCUT2D eigenvalue weighted by atomic mass is 9.98. The summed E-state index contributed by atoms with van der Waals surface area (Å²) in [5.74, 6) is 1.40. The Bertz CT molecular complexity index is 204. The molecule has 0 radical (unpaired) electrons. The fraction of sp³-hybridized carbons (Fsp3) is 0.941. The van der Waals surface area contributed by atoms with Crippen molar-refractivity contribution < 1.29 is 4.79 Å². The third-order valence-corrected chi connectivity index (χ3v) is 4.37. The SMILES string of the molecule is CCCCCCCCCC(=O)CCC1CCCC1. The van der Waals surface area contributed by atoms with Gasteiger partial charge in [-0.2, -0.15) is 0 Å². The van der Waals surface area contributed by atoms with Crippen LogP contribution in [-0.4, -0.2) is 5.78 Å². The average molecular weight is 252 g/mol. The quantitative estimate of drug-likeness (QED) is 0.433. The van der Waals surface area contributed by atoms with Crippen LogP contribution in [0.2, 0.25) is 0 Å². The maximum Gasteiger partial charge on any atom is 0.132 e. The molecular formula is C17H32O. The third-order valence-electron chi connectivity index (χ3n) is 4.37. The predicted octanol–water partition coefficient (Wildman–Crippen LogP) is 5.67. The molecule has 0 heterocycles. The second-order valence-corrected chi connectivity index (χ2v) is 6.10. The zero-order valence-corrected chi connectivity index (χ0v) is 12.4. The molecular weight excluding hydrogens is 220 g/mol. The number of rotatable bonds is 11. The first-order valence-electron chi connectivity index (χ1n) is 8.34. The lowest BCUT2D eigenvalue weighted by Crippen LogP contribution is -2.02. The molecule has 0 amide bonds. The molecule has 0 saturated heterocycles. The number of hydrogen-bond acceptors (Lipinski definition) is 1. The van der Waals surface area contributed by atoms with Gasteiger partial charge >= 0.3 is 0 Å². The Hall–Kier alpha value is -0.330. The zero-order valence-electron chi connectivity index (χ0n) is 12.4. The molecule has 1 saturated carbocycles. The second kappa shape index (κ2) is 10.6. The summed E-state index contributed by atoms with van der Waals surface area (Å²) in [6.07, 6.45) is 17.6. The number of ketones is 1. The van der Waals surface area contributed by atoms with Gasteiger partial charge in [0.2, 0.25) is 0 Å². The van der Waals surface area contributed by atoms with Crippen molar-refractivity contribution in [1.82, 2.24) is 0 Å². The van der Waals surface area contributed by atoms with Gasteiger partial charge in [-0.05, 0) is 18.8 Å². The van der Waals surface area contributed by atoms with Gasteiger partial charge in [0.15, 0.2) is 0 Å². The van der Waals surface area contributed by atoms with Gasteiger partial charge in [-0.1, -0.05) is 71.1 Å². The Morgan fingerprint density at radius 3 is 2.17 bits per heavy atom. The summed E-state index contributed by atoms with van der Waals surface area (Å²) in [6, 6.07) is 0. The lowest BCUT2D eigenvalue weighted by Gasteiger charge is -2.07. The van der Waals surface area contributed by atoms with Crippen LogP contribution in [0.5, 0.6) is 0 Å². The minimum Gasteiger partial charge on any atom is -0.300 e. The van der Waals surface area contributed by atoms with E-state index in [1.54, 1.807) is 0 Å². The maximum atomic E-state index is 11.7. The molecule has 106 valence electrons. The van der Waals surface area contributed by atoms with Crippen LogP contribution in [0.15, 0.2) is 0 Å². The minimum absolute atomic E-state index is 0.524. The van der Waals surface area contributed by atoms with Crippen LogP contribution >= 0.6 is 0 Å². The highest BCUT2D eigenvalue weighted by molar-refractivity contribution is 5.78. The van der Waals surface area contributed by atoms with Crippen LogP contribution in [0, 0.1) is 5.92 Å². The Morgan fingerprint density at radius 2 is 1.50 bits per heavy atom. The van der Waals surface area contributed by atoms with Gasteiger partial charge in [-0.25, -0.2) is 0 Å². The van der Waals surface area contributed by atoms with E-state index in [0.29, 0.717) is 5.78 Å². The van der Waals surface area contributed by atoms with E-state index in [9.17, 15) is 4.79 Å². The summed E-state index contributed by atoms with van der Waals surface area (Å²) in [6.45, 7) is 2.25. The van der Waals surface area contributed by atoms with Crippen molar-refractivity contribution in [3.63, 3.8) is 0 Å². The van der Waals surface area contributed by atoms with Gasteiger partial charge in [-0.15, -0.1) is 0 Å². The van der Waals surface area contributed by atoms with Crippen molar-refractivity contribution in [1.29, 1.82) is 0 Å². The summed E-state index contributed by atoms with van der Waals surface area (Å²) >= 11 is 0. The van der Waals surface area contributed by atoms with Gasteiger partial charge < -0.3 is 0 Å². The Balaban J connectivity index is 1.84. The van der Waals surface area contributed by atoms with E-state index in [1.165, 1.54) is 70.6 Å². The summed E-state index contributed by atoms with van der Waals surface area (Å²) in [5, 5.41) is 0. The summed E-state index contributed by atoms with van der Waals surface area (Å²) in [7, 11) is 0. The minimum atomic E-state index is 0.524. The van der Waals surface area contributed by atoms with Crippen LogP contribution in [0.3, 0.4) is 0 Å². The van der Waals surface area contributed by atoms with Gasteiger partial charge in [0, 0.05) is 12.8 Å². The molecule has 0 atom stereocenters. The fourth-order valence-electron chi connectivity index (χ4n) is 3.07. The maximum absolute atomic E-state index is 11.7. The molecule has 0 N–H and O–H groups in total. The van der Waals surface area contributed by atoms with Crippen molar-refractivity contribution >= 4 is 5.78 Å². The van der Waals surface area contributed by atoms with E-state index in [1.807, 2.05) is 0 Å².